The van der Waals surface area contributed by atoms with Crippen LogP contribution in [0.25, 0.3) is 11.5 Å². The van der Waals surface area contributed by atoms with E-state index in [1.54, 1.807) is 18.2 Å². The SMILES string of the molecule is CC(=O)c1ccc(S(=O)(=O)NCC(=O)OCc2cc(-c3ccco3)on2)cc1. The van der Waals surface area contributed by atoms with Gasteiger partial charge in [0, 0.05) is 11.6 Å². The number of ketones is 1. The smallest absolute Gasteiger partial charge is 0.321 e. The van der Waals surface area contributed by atoms with Gasteiger partial charge >= 0.3 is 5.97 Å². The minimum absolute atomic E-state index is 0.0649. The lowest BCUT2D eigenvalue weighted by atomic mass is 10.2. The van der Waals surface area contributed by atoms with Crippen LogP contribution < -0.4 is 4.72 Å². The standard InChI is InChI=1S/C18H16N2O7S/c1-12(21)13-4-6-15(7-5-13)28(23,24)19-10-18(22)26-11-14-9-17(27-20-14)16-3-2-8-25-16/h2-9,19H,10-11H2,1H3. The molecule has 0 amide bonds. The number of benzene rings is 1. The molecule has 1 aromatic carbocycles. The molecule has 2 aromatic heterocycles. The molecule has 28 heavy (non-hydrogen) atoms. The Morgan fingerprint density at radius 3 is 2.54 bits per heavy atom. The molecule has 0 saturated carbocycles. The van der Waals surface area contributed by atoms with E-state index in [1.807, 2.05) is 0 Å². The molecule has 0 fully saturated rings. The van der Waals surface area contributed by atoms with Crippen LogP contribution in [0, 0.1) is 0 Å². The van der Waals surface area contributed by atoms with E-state index in [4.69, 9.17) is 13.7 Å². The molecule has 1 N–H and O–H groups in total. The Kier molecular flexibility index (Phi) is 5.71. The van der Waals surface area contributed by atoms with E-state index in [-0.39, 0.29) is 17.3 Å². The summed E-state index contributed by atoms with van der Waals surface area (Å²) < 4.78 is 41.7. The molecular formula is C18H16N2O7S. The first-order valence-electron chi connectivity index (χ1n) is 8.11. The Hall–Kier alpha value is -3.24. The monoisotopic (exact) mass is 404 g/mol. The van der Waals surface area contributed by atoms with Gasteiger partial charge in [-0.05, 0) is 31.2 Å². The topological polar surface area (TPSA) is 129 Å². The number of carbonyl (C=O) groups is 2. The molecule has 3 rings (SSSR count). The van der Waals surface area contributed by atoms with Crippen molar-refractivity contribution < 1.29 is 31.7 Å². The summed E-state index contributed by atoms with van der Waals surface area (Å²) in [6.07, 6.45) is 1.48. The predicted octanol–water partition coefficient (Wildman–Crippen LogP) is 2.16. The molecule has 3 aromatic rings. The maximum Gasteiger partial charge on any atom is 0.321 e. The Balaban J connectivity index is 1.51. The molecule has 0 unspecified atom stereocenters. The third-order valence-electron chi connectivity index (χ3n) is 3.68. The first-order valence-corrected chi connectivity index (χ1v) is 9.59. The van der Waals surface area contributed by atoms with Gasteiger partial charge < -0.3 is 13.7 Å². The zero-order valence-corrected chi connectivity index (χ0v) is 15.6. The number of ether oxygens (including phenoxy) is 1. The zero-order valence-electron chi connectivity index (χ0n) is 14.7. The normalized spacial score (nSPS) is 11.3. The molecule has 10 heteroatoms. The molecule has 0 aliphatic heterocycles. The number of rotatable bonds is 8. The molecule has 0 atom stereocenters. The average molecular weight is 404 g/mol. The van der Waals surface area contributed by atoms with E-state index in [2.05, 4.69) is 9.88 Å². The number of Topliss-reactive ketones (excluding diaryl/α,β-unsaturated/α-hetero) is 1. The molecule has 9 nitrogen and oxygen atoms in total. The molecular weight excluding hydrogens is 388 g/mol. The van der Waals surface area contributed by atoms with E-state index in [0.717, 1.165) is 0 Å². The summed E-state index contributed by atoms with van der Waals surface area (Å²) in [5.41, 5.74) is 0.738. The first-order chi connectivity index (χ1) is 13.3. The second-order valence-electron chi connectivity index (χ2n) is 5.73. The first kappa shape index (κ1) is 19.5. The highest BCUT2D eigenvalue weighted by molar-refractivity contribution is 7.89. The summed E-state index contributed by atoms with van der Waals surface area (Å²) in [5.74, 6) is -0.102. The minimum Gasteiger partial charge on any atom is -0.461 e. The van der Waals surface area contributed by atoms with Gasteiger partial charge in [0.25, 0.3) is 0 Å². The van der Waals surface area contributed by atoms with Crippen LogP contribution in [0.4, 0.5) is 0 Å². The van der Waals surface area contributed by atoms with Crippen molar-refractivity contribution in [2.75, 3.05) is 6.54 Å². The second kappa shape index (κ2) is 8.19. The number of sulfonamides is 1. The number of carbonyl (C=O) groups excluding carboxylic acids is 2. The molecule has 0 spiro atoms. The van der Waals surface area contributed by atoms with E-state index in [9.17, 15) is 18.0 Å². The van der Waals surface area contributed by atoms with Crippen LogP contribution in [-0.4, -0.2) is 31.9 Å². The largest absolute Gasteiger partial charge is 0.461 e. The highest BCUT2D eigenvalue weighted by Crippen LogP contribution is 2.20. The van der Waals surface area contributed by atoms with Crippen LogP contribution in [0.3, 0.4) is 0 Å². The van der Waals surface area contributed by atoms with Crippen molar-refractivity contribution in [2.24, 2.45) is 0 Å². The Labute approximate surface area is 160 Å². The van der Waals surface area contributed by atoms with Crippen LogP contribution in [0.15, 0.2) is 62.6 Å². The number of esters is 1. The number of hydrogen-bond donors (Lipinski definition) is 1. The van der Waals surface area contributed by atoms with Gasteiger partial charge in [-0.25, -0.2) is 8.42 Å². The number of aromatic nitrogens is 1. The molecule has 2 heterocycles. The van der Waals surface area contributed by atoms with Crippen LogP contribution >= 0.6 is 0 Å². The van der Waals surface area contributed by atoms with Crippen molar-refractivity contribution >= 4 is 21.8 Å². The van der Waals surface area contributed by atoms with Crippen molar-refractivity contribution in [1.29, 1.82) is 0 Å². The van der Waals surface area contributed by atoms with Gasteiger partial charge in [-0.2, -0.15) is 4.72 Å². The number of nitrogens with zero attached hydrogens (tertiary/aromatic N) is 1. The molecule has 0 saturated heterocycles. The molecule has 0 aliphatic rings. The summed E-state index contributed by atoms with van der Waals surface area (Å²) in [6.45, 7) is 0.641. The lowest BCUT2D eigenvalue weighted by molar-refractivity contribution is -0.143. The third kappa shape index (κ3) is 4.72. The van der Waals surface area contributed by atoms with Gasteiger partial charge in [-0.15, -0.1) is 0 Å². The van der Waals surface area contributed by atoms with Crippen molar-refractivity contribution in [3.63, 3.8) is 0 Å². The fourth-order valence-corrected chi connectivity index (χ4v) is 3.20. The highest BCUT2D eigenvalue weighted by Gasteiger charge is 2.17. The van der Waals surface area contributed by atoms with Crippen molar-refractivity contribution in [2.45, 2.75) is 18.4 Å². The van der Waals surface area contributed by atoms with Gasteiger partial charge in [-0.3, -0.25) is 9.59 Å². The van der Waals surface area contributed by atoms with Crippen molar-refractivity contribution in [3.8, 4) is 11.5 Å². The average Bonchev–Trinajstić information content (AvgIpc) is 3.36. The van der Waals surface area contributed by atoms with Gasteiger partial charge in [0.05, 0.1) is 11.2 Å². The predicted molar refractivity (Wildman–Crippen MR) is 95.6 cm³/mol. The third-order valence-corrected chi connectivity index (χ3v) is 5.10. The van der Waals surface area contributed by atoms with Crippen LogP contribution in [0.2, 0.25) is 0 Å². The highest BCUT2D eigenvalue weighted by atomic mass is 32.2. The summed E-state index contributed by atoms with van der Waals surface area (Å²) in [4.78, 5) is 23.0. The Bertz CT molecular complexity index is 1070. The molecule has 146 valence electrons. The summed E-state index contributed by atoms with van der Waals surface area (Å²) in [5, 5.41) is 3.74. The quantitative estimate of drug-likeness (QED) is 0.447. The van der Waals surface area contributed by atoms with E-state index < -0.39 is 22.5 Å². The van der Waals surface area contributed by atoms with Gasteiger partial charge in [0.1, 0.15) is 18.8 Å². The zero-order chi connectivity index (χ0) is 20.1. The number of hydrogen-bond acceptors (Lipinski definition) is 8. The number of nitrogens with one attached hydrogen (secondary N) is 1. The van der Waals surface area contributed by atoms with Gasteiger partial charge in [0.2, 0.25) is 15.8 Å². The second-order valence-corrected chi connectivity index (χ2v) is 7.49. The lowest BCUT2D eigenvalue weighted by Gasteiger charge is -2.07. The number of furan rings is 1. The molecule has 0 aliphatic carbocycles. The molecule has 0 radical (unpaired) electrons. The van der Waals surface area contributed by atoms with Gasteiger partial charge in [-0.1, -0.05) is 17.3 Å². The maximum absolute atomic E-state index is 12.2. The molecule has 0 bridgehead atoms. The minimum atomic E-state index is -3.91. The van der Waals surface area contributed by atoms with Gasteiger partial charge in [0.15, 0.2) is 11.5 Å². The van der Waals surface area contributed by atoms with E-state index >= 15 is 0 Å². The summed E-state index contributed by atoms with van der Waals surface area (Å²) >= 11 is 0. The van der Waals surface area contributed by atoms with Crippen LogP contribution in [0.5, 0.6) is 0 Å². The van der Waals surface area contributed by atoms with E-state index in [0.29, 0.717) is 22.8 Å². The lowest BCUT2D eigenvalue weighted by Crippen LogP contribution is -2.30. The van der Waals surface area contributed by atoms with Crippen LogP contribution in [-0.2, 0) is 26.2 Å². The van der Waals surface area contributed by atoms with Crippen molar-refractivity contribution in [3.05, 3.63) is 60.0 Å². The summed E-state index contributed by atoms with van der Waals surface area (Å²) in [7, 11) is -3.91. The summed E-state index contributed by atoms with van der Waals surface area (Å²) in [6, 6.07) is 10.3. The Morgan fingerprint density at radius 2 is 1.89 bits per heavy atom. The Morgan fingerprint density at radius 1 is 1.14 bits per heavy atom. The fourth-order valence-electron chi connectivity index (χ4n) is 2.23. The maximum atomic E-state index is 12.2. The fraction of sp³-hybridized carbons (Fsp3) is 0.167. The van der Waals surface area contributed by atoms with E-state index in [1.165, 1.54) is 37.5 Å². The van der Waals surface area contributed by atoms with Crippen molar-refractivity contribution in [1.82, 2.24) is 9.88 Å². The van der Waals surface area contributed by atoms with Crippen LogP contribution in [0.1, 0.15) is 23.0 Å².